The lowest BCUT2D eigenvalue weighted by Crippen LogP contribution is -2.23. The fourth-order valence-corrected chi connectivity index (χ4v) is 2.72. The van der Waals surface area contributed by atoms with Crippen LogP contribution in [0.2, 0.25) is 0 Å². The molecule has 0 spiro atoms. The summed E-state index contributed by atoms with van der Waals surface area (Å²) < 4.78 is 0. The van der Waals surface area contributed by atoms with Gasteiger partial charge in [0.25, 0.3) is 5.91 Å². The monoisotopic (exact) mass is 261 g/mol. The Hall–Kier alpha value is -1.71. The third kappa shape index (κ3) is 3.88. The number of primary amides is 1. The SMILES string of the molecule is NC(=O)c1ccc(N)cc1NC1CCCCCCC1. The molecule has 0 aliphatic heterocycles. The second-order valence-electron chi connectivity index (χ2n) is 5.36. The topological polar surface area (TPSA) is 81.1 Å². The maximum Gasteiger partial charge on any atom is 0.250 e. The van der Waals surface area contributed by atoms with Crippen molar-refractivity contribution in [1.82, 2.24) is 0 Å². The van der Waals surface area contributed by atoms with Crippen LogP contribution in [0.3, 0.4) is 0 Å². The highest BCUT2D eigenvalue weighted by Gasteiger charge is 2.15. The maximum absolute atomic E-state index is 11.4. The molecule has 5 N–H and O–H groups in total. The minimum atomic E-state index is -0.409. The standard InChI is InChI=1S/C15H23N3O/c16-11-8-9-13(15(17)19)14(10-11)18-12-6-4-2-1-3-5-7-12/h8-10,12,18H,1-7,16H2,(H2,17,19). The number of hydrogen-bond donors (Lipinski definition) is 3. The zero-order chi connectivity index (χ0) is 13.7. The van der Waals surface area contributed by atoms with Crippen molar-refractivity contribution >= 4 is 17.3 Å². The Bertz CT molecular complexity index is 437. The highest BCUT2D eigenvalue weighted by molar-refractivity contribution is 5.99. The Morgan fingerprint density at radius 1 is 1.11 bits per heavy atom. The van der Waals surface area contributed by atoms with Gasteiger partial charge in [0, 0.05) is 17.4 Å². The Labute approximate surface area is 114 Å². The van der Waals surface area contributed by atoms with E-state index in [2.05, 4.69) is 5.32 Å². The summed E-state index contributed by atoms with van der Waals surface area (Å²) in [7, 11) is 0. The largest absolute Gasteiger partial charge is 0.399 e. The van der Waals surface area contributed by atoms with Crippen LogP contribution < -0.4 is 16.8 Å². The molecule has 1 fully saturated rings. The molecule has 1 aliphatic rings. The molecule has 0 unspecified atom stereocenters. The molecular weight excluding hydrogens is 238 g/mol. The number of benzene rings is 1. The lowest BCUT2D eigenvalue weighted by atomic mass is 9.96. The van der Waals surface area contributed by atoms with Crippen molar-refractivity contribution in [3.05, 3.63) is 23.8 Å². The van der Waals surface area contributed by atoms with E-state index in [0.717, 1.165) is 18.5 Å². The summed E-state index contributed by atoms with van der Waals surface area (Å²) in [4.78, 5) is 11.4. The summed E-state index contributed by atoms with van der Waals surface area (Å²) in [5.74, 6) is -0.409. The van der Waals surface area contributed by atoms with E-state index in [-0.39, 0.29) is 0 Å². The fraction of sp³-hybridized carbons (Fsp3) is 0.533. The molecule has 1 amide bonds. The van der Waals surface area contributed by atoms with Crippen molar-refractivity contribution in [3.8, 4) is 0 Å². The summed E-state index contributed by atoms with van der Waals surface area (Å²) >= 11 is 0. The van der Waals surface area contributed by atoms with E-state index in [1.54, 1.807) is 18.2 Å². The molecule has 0 atom stereocenters. The highest BCUT2D eigenvalue weighted by Crippen LogP contribution is 2.24. The van der Waals surface area contributed by atoms with Crippen LogP contribution in [0, 0.1) is 0 Å². The van der Waals surface area contributed by atoms with Crippen molar-refractivity contribution in [1.29, 1.82) is 0 Å². The van der Waals surface area contributed by atoms with Gasteiger partial charge in [-0.3, -0.25) is 4.79 Å². The zero-order valence-electron chi connectivity index (χ0n) is 11.3. The molecule has 0 saturated heterocycles. The molecule has 4 nitrogen and oxygen atoms in total. The van der Waals surface area contributed by atoms with Gasteiger partial charge in [-0.05, 0) is 31.0 Å². The molecule has 2 rings (SSSR count). The molecule has 1 aliphatic carbocycles. The Morgan fingerprint density at radius 3 is 2.37 bits per heavy atom. The normalized spacial score (nSPS) is 17.5. The second kappa shape index (κ2) is 6.45. The molecule has 4 heteroatoms. The Kier molecular flexibility index (Phi) is 4.66. The van der Waals surface area contributed by atoms with Gasteiger partial charge in [-0.2, -0.15) is 0 Å². The first-order valence-corrected chi connectivity index (χ1v) is 7.12. The van der Waals surface area contributed by atoms with E-state index >= 15 is 0 Å². The fourth-order valence-electron chi connectivity index (χ4n) is 2.72. The van der Waals surface area contributed by atoms with E-state index in [1.807, 2.05) is 0 Å². The molecule has 1 saturated carbocycles. The molecule has 1 aromatic carbocycles. The molecule has 104 valence electrons. The first-order chi connectivity index (χ1) is 9.16. The van der Waals surface area contributed by atoms with E-state index in [4.69, 9.17) is 11.5 Å². The van der Waals surface area contributed by atoms with Gasteiger partial charge >= 0.3 is 0 Å². The number of nitrogens with two attached hydrogens (primary N) is 2. The van der Waals surface area contributed by atoms with Crippen molar-refractivity contribution in [2.75, 3.05) is 11.1 Å². The first kappa shape index (κ1) is 13.7. The van der Waals surface area contributed by atoms with E-state index < -0.39 is 5.91 Å². The van der Waals surface area contributed by atoms with Crippen molar-refractivity contribution < 1.29 is 4.79 Å². The van der Waals surface area contributed by atoms with Crippen LogP contribution in [-0.4, -0.2) is 11.9 Å². The number of carbonyl (C=O) groups excluding carboxylic acids is 1. The number of anilines is 2. The molecule has 0 aromatic heterocycles. The van der Waals surface area contributed by atoms with Gasteiger partial charge in [0.05, 0.1) is 5.56 Å². The predicted octanol–water partition coefficient (Wildman–Crippen LogP) is 2.89. The quantitative estimate of drug-likeness (QED) is 0.732. The maximum atomic E-state index is 11.4. The average Bonchev–Trinajstić information content (AvgIpc) is 2.32. The van der Waals surface area contributed by atoms with Crippen LogP contribution in [0.4, 0.5) is 11.4 Å². The van der Waals surface area contributed by atoms with E-state index in [1.165, 1.54) is 32.1 Å². The summed E-state index contributed by atoms with van der Waals surface area (Å²) in [6.45, 7) is 0. The summed E-state index contributed by atoms with van der Waals surface area (Å²) in [6.07, 6.45) is 8.73. The number of rotatable bonds is 3. The Balaban J connectivity index is 2.11. The average molecular weight is 261 g/mol. The minimum absolute atomic E-state index is 0.409. The Morgan fingerprint density at radius 2 is 1.74 bits per heavy atom. The molecule has 0 bridgehead atoms. The lowest BCUT2D eigenvalue weighted by Gasteiger charge is -2.23. The number of carbonyl (C=O) groups is 1. The van der Waals surface area contributed by atoms with Crippen LogP contribution in [0.15, 0.2) is 18.2 Å². The summed E-state index contributed by atoms with van der Waals surface area (Å²) in [5, 5.41) is 3.46. The third-order valence-corrected chi connectivity index (χ3v) is 3.77. The molecular formula is C15H23N3O. The van der Waals surface area contributed by atoms with Gasteiger partial charge < -0.3 is 16.8 Å². The van der Waals surface area contributed by atoms with Crippen LogP contribution in [0.25, 0.3) is 0 Å². The van der Waals surface area contributed by atoms with Crippen molar-refractivity contribution in [2.45, 2.75) is 51.0 Å². The molecule has 1 aromatic rings. The first-order valence-electron chi connectivity index (χ1n) is 7.12. The molecule has 19 heavy (non-hydrogen) atoms. The van der Waals surface area contributed by atoms with Gasteiger partial charge in [-0.15, -0.1) is 0 Å². The van der Waals surface area contributed by atoms with Gasteiger partial charge in [-0.25, -0.2) is 0 Å². The van der Waals surface area contributed by atoms with E-state index in [9.17, 15) is 4.79 Å². The number of hydrogen-bond acceptors (Lipinski definition) is 3. The smallest absolute Gasteiger partial charge is 0.250 e. The van der Waals surface area contributed by atoms with E-state index in [0.29, 0.717) is 17.3 Å². The van der Waals surface area contributed by atoms with Crippen LogP contribution in [0.5, 0.6) is 0 Å². The minimum Gasteiger partial charge on any atom is -0.399 e. The van der Waals surface area contributed by atoms with Crippen molar-refractivity contribution in [3.63, 3.8) is 0 Å². The third-order valence-electron chi connectivity index (χ3n) is 3.77. The van der Waals surface area contributed by atoms with Gasteiger partial charge in [0.15, 0.2) is 0 Å². The van der Waals surface area contributed by atoms with Crippen LogP contribution >= 0.6 is 0 Å². The summed E-state index contributed by atoms with van der Waals surface area (Å²) in [5.41, 5.74) is 13.2. The van der Waals surface area contributed by atoms with Gasteiger partial charge in [0.2, 0.25) is 0 Å². The van der Waals surface area contributed by atoms with Crippen LogP contribution in [0.1, 0.15) is 55.3 Å². The predicted molar refractivity (Wildman–Crippen MR) is 79.1 cm³/mol. The number of nitrogens with one attached hydrogen (secondary N) is 1. The summed E-state index contributed by atoms with van der Waals surface area (Å²) in [6, 6.07) is 5.63. The van der Waals surface area contributed by atoms with Crippen molar-refractivity contribution in [2.24, 2.45) is 5.73 Å². The van der Waals surface area contributed by atoms with Crippen LogP contribution in [-0.2, 0) is 0 Å². The molecule has 0 heterocycles. The van der Waals surface area contributed by atoms with Gasteiger partial charge in [-0.1, -0.05) is 32.1 Å². The number of nitrogen functional groups attached to an aromatic ring is 1. The lowest BCUT2D eigenvalue weighted by molar-refractivity contribution is 0.100. The second-order valence-corrected chi connectivity index (χ2v) is 5.36. The van der Waals surface area contributed by atoms with Gasteiger partial charge in [0.1, 0.15) is 0 Å². The highest BCUT2D eigenvalue weighted by atomic mass is 16.1. The molecule has 0 radical (unpaired) electrons. The number of amides is 1. The zero-order valence-corrected chi connectivity index (χ0v) is 11.3.